The number of thiazole rings is 1. The van der Waals surface area contributed by atoms with Gasteiger partial charge in [-0.05, 0) is 81.6 Å². The van der Waals surface area contributed by atoms with Crippen LogP contribution < -0.4 is 5.32 Å². The minimum absolute atomic E-state index is 0.182. The molecule has 1 aliphatic heterocycles. The highest BCUT2D eigenvalue weighted by molar-refractivity contribution is 7.15. The van der Waals surface area contributed by atoms with Crippen LogP contribution in [0.1, 0.15) is 72.9 Å². The van der Waals surface area contributed by atoms with Crippen LogP contribution in [0.4, 0.5) is 22.0 Å². The lowest BCUT2D eigenvalue weighted by Crippen LogP contribution is -2.32. The average Bonchev–Trinajstić information content (AvgIpc) is 3.27. The van der Waals surface area contributed by atoms with Crippen LogP contribution >= 0.6 is 11.3 Å². The van der Waals surface area contributed by atoms with Crippen molar-refractivity contribution in [3.8, 4) is 10.6 Å². The van der Waals surface area contributed by atoms with Crippen molar-refractivity contribution < 1.29 is 26.7 Å². The summed E-state index contributed by atoms with van der Waals surface area (Å²) in [5.41, 5.74) is 1.15. The van der Waals surface area contributed by atoms with Gasteiger partial charge in [-0.1, -0.05) is 13.0 Å². The molecule has 0 aromatic carbocycles. The van der Waals surface area contributed by atoms with Crippen molar-refractivity contribution in [3.63, 3.8) is 0 Å². The second kappa shape index (κ2) is 12.9. The fraction of sp³-hybridized carbons (Fsp3) is 0.533. The van der Waals surface area contributed by atoms with Crippen molar-refractivity contribution >= 4 is 23.3 Å². The Labute approximate surface area is 241 Å². The molecule has 2 aromatic heterocycles. The molecule has 0 spiro atoms. The molecule has 11 heteroatoms. The Balaban J connectivity index is 1.58. The monoisotopic (exact) mass is 594 g/mol. The van der Waals surface area contributed by atoms with E-state index in [1.807, 2.05) is 26.0 Å². The zero-order chi connectivity index (χ0) is 29.8. The number of aryl methyl sites for hydroxylation is 2. The summed E-state index contributed by atoms with van der Waals surface area (Å²) in [5, 5.41) is 3.81. The van der Waals surface area contributed by atoms with Crippen LogP contribution in [0.3, 0.4) is 0 Å². The number of aromatic nitrogens is 2. The maximum absolute atomic E-state index is 14.8. The summed E-state index contributed by atoms with van der Waals surface area (Å²) in [6.07, 6.45) is 1.59. The molecule has 0 radical (unpaired) electrons. The molecular weight excluding hydrogens is 559 g/mol. The van der Waals surface area contributed by atoms with E-state index in [0.717, 1.165) is 17.9 Å². The summed E-state index contributed by atoms with van der Waals surface area (Å²) in [4.78, 5) is 27.6. The Morgan fingerprint density at radius 3 is 2.68 bits per heavy atom. The standard InChI is InChI=1S/C30H35F5N4OS/c1-18-10-12-36-24(13-18)28-26(39-20(3)41-28)27(40)21-7-6-11-29(31,32)15-19(2)22(14-21)16-37-25-9-5-4-8-23(17-38-25)30(33,34)35/h8-10,12-13,17,19,21-22,37H,4-7,11,14-16H2,1-3H3/b23-8-,25-9?,38-17?/t19-,21?,22?/m1/s1. The van der Waals surface area contributed by atoms with Gasteiger partial charge in [0.1, 0.15) is 11.5 Å². The Morgan fingerprint density at radius 2 is 1.95 bits per heavy atom. The van der Waals surface area contributed by atoms with E-state index in [1.165, 1.54) is 11.3 Å². The van der Waals surface area contributed by atoms with Crippen LogP contribution in [0.15, 0.2) is 46.9 Å². The number of pyridine rings is 1. The Bertz CT molecular complexity index is 1330. The molecule has 1 fully saturated rings. The highest BCUT2D eigenvalue weighted by Gasteiger charge is 2.38. The van der Waals surface area contributed by atoms with Crippen molar-refractivity contribution in [2.75, 3.05) is 6.54 Å². The van der Waals surface area contributed by atoms with Gasteiger partial charge >= 0.3 is 6.18 Å². The van der Waals surface area contributed by atoms with E-state index < -0.39 is 29.5 Å². The Morgan fingerprint density at radius 1 is 1.20 bits per heavy atom. The number of carbonyl (C=O) groups excluding carboxylic acids is 1. The van der Waals surface area contributed by atoms with Gasteiger partial charge in [0.25, 0.3) is 0 Å². The molecule has 2 aromatic rings. The number of aliphatic imine (C=N–C) groups is 1. The number of hydrogen-bond donors (Lipinski definition) is 1. The van der Waals surface area contributed by atoms with Gasteiger partial charge in [-0.25, -0.2) is 18.8 Å². The number of rotatable bonds is 6. The lowest BCUT2D eigenvalue weighted by molar-refractivity contribution is -0.0858. The summed E-state index contributed by atoms with van der Waals surface area (Å²) in [6, 6.07) is 3.76. The summed E-state index contributed by atoms with van der Waals surface area (Å²) in [5.74, 6) is -4.09. The van der Waals surface area contributed by atoms with Crippen molar-refractivity contribution in [1.29, 1.82) is 0 Å². The third-order valence-electron chi connectivity index (χ3n) is 7.68. The topological polar surface area (TPSA) is 67.2 Å². The van der Waals surface area contributed by atoms with Gasteiger partial charge in [-0.2, -0.15) is 13.2 Å². The minimum atomic E-state index is -4.50. The minimum Gasteiger partial charge on any atom is -0.370 e. The quantitative estimate of drug-likeness (QED) is 0.270. The van der Waals surface area contributed by atoms with Crippen LogP contribution in [0.25, 0.3) is 10.6 Å². The number of ketones is 1. The number of hydrogen-bond acceptors (Lipinski definition) is 6. The maximum atomic E-state index is 14.8. The highest BCUT2D eigenvalue weighted by Crippen LogP contribution is 2.40. The third-order valence-corrected chi connectivity index (χ3v) is 8.67. The molecule has 0 saturated heterocycles. The summed E-state index contributed by atoms with van der Waals surface area (Å²) < 4.78 is 69.2. The van der Waals surface area contributed by atoms with Gasteiger partial charge in [-0.15, -0.1) is 11.3 Å². The first-order valence-corrected chi connectivity index (χ1v) is 14.7. The fourth-order valence-corrected chi connectivity index (χ4v) is 6.34. The number of halogens is 5. The molecule has 1 aliphatic carbocycles. The van der Waals surface area contributed by atoms with Crippen LogP contribution in [0, 0.1) is 31.6 Å². The first-order valence-electron chi connectivity index (χ1n) is 13.9. The Kier molecular flexibility index (Phi) is 9.77. The number of nitrogens with zero attached hydrogens (tertiary/aromatic N) is 3. The lowest BCUT2D eigenvalue weighted by atomic mass is 9.80. The second-order valence-corrected chi connectivity index (χ2v) is 12.3. The normalized spacial score (nSPS) is 25.0. The molecule has 2 unspecified atom stereocenters. The van der Waals surface area contributed by atoms with Gasteiger partial charge in [0, 0.05) is 37.7 Å². The first-order chi connectivity index (χ1) is 19.3. The third kappa shape index (κ3) is 8.30. The molecule has 1 saturated carbocycles. The number of allylic oxidation sites excluding steroid dienone is 3. The molecule has 2 aliphatic rings. The van der Waals surface area contributed by atoms with Crippen molar-refractivity contribution in [1.82, 2.24) is 15.3 Å². The number of Topliss-reactive ketones (excluding diaryl/α,β-unsaturated/α-hetero) is 1. The van der Waals surface area contributed by atoms with Crippen LogP contribution in [0.5, 0.6) is 0 Å². The van der Waals surface area contributed by atoms with Crippen LogP contribution in [-0.2, 0) is 0 Å². The van der Waals surface area contributed by atoms with Gasteiger partial charge < -0.3 is 5.32 Å². The van der Waals surface area contributed by atoms with E-state index in [1.54, 1.807) is 19.2 Å². The number of alkyl halides is 5. The number of carbonyl (C=O) groups is 1. The SMILES string of the molecule is Cc1ccnc(-c2sc(C)nc2C(=O)C2CCCC(F)(F)C[C@@H](C)C(CNC3=CCC/C=C(\C(F)(F)F)C=N3)C2)c1. The zero-order valence-corrected chi connectivity index (χ0v) is 24.2. The first kappa shape index (κ1) is 31.0. The zero-order valence-electron chi connectivity index (χ0n) is 23.4. The second-order valence-electron chi connectivity index (χ2n) is 11.1. The largest absolute Gasteiger partial charge is 0.417 e. The molecule has 41 heavy (non-hydrogen) atoms. The van der Waals surface area contributed by atoms with Gasteiger partial charge in [-0.3, -0.25) is 9.78 Å². The van der Waals surface area contributed by atoms with Crippen molar-refractivity contribution in [3.05, 3.63) is 58.1 Å². The fourth-order valence-electron chi connectivity index (χ4n) is 5.45. The van der Waals surface area contributed by atoms with E-state index in [9.17, 15) is 26.7 Å². The summed E-state index contributed by atoms with van der Waals surface area (Å²) in [7, 11) is 0. The number of nitrogens with one attached hydrogen (secondary N) is 1. The van der Waals surface area contributed by atoms with Gasteiger partial charge in [0.05, 0.1) is 21.2 Å². The average molecular weight is 595 g/mol. The predicted octanol–water partition coefficient (Wildman–Crippen LogP) is 8.26. The molecule has 222 valence electrons. The molecule has 3 atom stereocenters. The lowest BCUT2D eigenvalue weighted by Gasteiger charge is -2.29. The van der Waals surface area contributed by atoms with E-state index in [-0.39, 0.29) is 49.8 Å². The predicted molar refractivity (Wildman–Crippen MR) is 151 cm³/mol. The summed E-state index contributed by atoms with van der Waals surface area (Å²) >= 11 is 1.38. The van der Waals surface area contributed by atoms with E-state index >= 15 is 0 Å². The van der Waals surface area contributed by atoms with E-state index in [0.29, 0.717) is 40.5 Å². The van der Waals surface area contributed by atoms with Crippen LogP contribution in [0.2, 0.25) is 0 Å². The Hall–Kier alpha value is -2.95. The van der Waals surface area contributed by atoms with Crippen LogP contribution in [-0.4, -0.2) is 40.6 Å². The molecule has 0 bridgehead atoms. The molecule has 4 rings (SSSR count). The smallest absolute Gasteiger partial charge is 0.370 e. The highest BCUT2D eigenvalue weighted by atomic mass is 32.1. The van der Waals surface area contributed by atoms with E-state index in [2.05, 4.69) is 20.3 Å². The molecule has 5 nitrogen and oxygen atoms in total. The molecular formula is C30H35F5N4OS. The molecule has 3 heterocycles. The van der Waals surface area contributed by atoms with Gasteiger partial charge in [0.2, 0.25) is 5.92 Å². The van der Waals surface area contributed by atoms with Crippen molar-refractivity contribution in [2.24, 2.45) is 22.7 Å². The van der Waals surface area contributed by atoms with E-state index in [4.69, 9.17) is 0 Å². The summed E-state index contributed by atoms with van der Waals surface area (Å²) in [6.45, 7) is 5.72. The maximum Gasteiger partial charge on any atom is 0.417 e. The molecule has 0 amide bonds. The molecule has 1 N–H and O–H groups in total. The van der Waals surface area contributed by atoms with Gasteiger partial charge in [0.15, 0.2) is 5.78 Å². The van der Waals surface area contributed by atoms with Crippen molar-refractivity contribution in [2.45, 2.75) is 77.8 Å².